The third-order valence-electron chi connectivity index (χ3n) is 3.80. The Morgan fingerprint density at radius 2 is 1.58 bits per heavy atom. The van der Waals surface area contributed by atoms with Gasteiger partial charge in [-0.05, 0) is 12.8 Å². The van der Waals surface area contributed by atoms with E-state index in [1.54, 1.807) is 0 Å². The van der Waals surface area contributed by atoms with Crippen molar-refractivity contribution >= 4 is 29.3 Å². The van der Waals surface area contributed by atoms with Crippen molar-refractivity contribution in [3.8, 4) is 0 Å². The predicted molar refractivity (Wildman–Crippen MR) is 90.4 cm³/mol. The summed E-state index contributed by atoms with van der Waals surface area (Å²) >= 11 is 3.92. The largest absolute Gasteiger partial charge is 0.298 e. The number of unbranched alkanes of at least 4 members (excludes halogenated alkanes) is 6. The van der Waals surface area contributed by atoms with E-state index in [-0.39, 0.29) is 0 Å². The summed E-state index contributed by atoms with van der Waals surface area (Å²) in [6, 6.07) is 0. The van der Waals surface area contributed by atoms with Crippen LogP contribution in [0.3, 0.4) is 0 Å². The van der Waals surface area contributed by atoms with Crippen LogP contribution in [0.2, 0.25) is 0 Å². The summed E-state index contributed by atoms with van der Waals surface area (Å²) in [6.07, 6.45) is 11.1. The van der Waals surface area contributed by atoms with Gasteiger partial charge in [0.2, 0.25) is 0 Å². The Hall–Kier alpha value is 0.370. The Bertz CT molecular complexity index is 243. The zero-order chi connectivity index (χ0) is 13.9. The van der Waals surface area contributed by atoms with E-state index in [0.29, 0.717) is 16.3 Å². The molecule has 1 fully saturated rings. The van der Waals surface area contributed by atoms with Crippen LogP contribution in [0.15, 0.2) is 0 Å². The van der Waals surface area contributed by atoms with Crippen LogP contribution >= 0.6 is 23.5 Å². The van der Waals surface area contributed by atoms with Crippen LogP contribution in [0, 0.1) is 0 Å². The number of hydrogen-bond donors (Lipinski definition) is 0. The first-order valence-electron chi connectivity index (χ1n) is 8.05. The molecule has 1 rings (SSSR count). The van der Waals surface area contributed by atoms with Crippen molar-refractivity contribution in [2.75, 3.05) is 11.5 Å². The number of Topliss-reactive ketones (excluding diaryl/α,β-unsaturated/α-hetero) is 1. The van der Waals surface area contributed by atoms with E-state index in [2.05, 4.69) is 13.8 Å². The van der Waals surface area contributed by atoms with E-state index in [4.69, 9.17) is 0 Å². The van der Waals surface area contributed by atoms with Crippen LogP contribution in [0.1, 0.15) is 71.6 Å². The summed E-state index contributed by atoms with van der Waals surface area (Å²) in [7, 11) is 0. The van der Waals surface area contributed by atoms with Gasteiger partial charge in [-0.1, -0.05) is 52.4 Å². The van der Waals surface area contributed by atoms with E-state index in [9.17, 15) is 4.79 Å². The molecule has 0 aromatic rings. The molecule has 1 nitrogen and oxygen atoms in total. The number of rotatable bonds is 10. The maximum atomic E-state index is 12.3. The molecule has 0 spiro atoms. The molecule has 0 aromatic heterocycles. The fraction of sp³-hybridized carbons (Fsp3) is 0.938. The van der Waals surface area contributed by atoms with Crippen molar-refractivity contribution < 1.29 is 4.79 Å². The van der Waals surface area contributed by atoms with Gasteiger partial charge in [0.15, 0.2) is 0 Å². The van der Waals surface area contributed by atoms with Crippen molar-refractivity contribution in [1.82, 2.24) is 0 Å². The summed E-state index contributed by atoms with van der Waals surface area (Å²) in [5, 5.41) is 0.875. The lowest BCUT2D eigenvalue weighted by molar-refractivity contribution is -0.118. The molecule has 112 valence electrons. The van der Waals surface area contributed by atoms with Crippen molar-refractivity contribution in [1.29, 1.82) is 0 Å². The first-order valence-corrected chi connectivity index (χ1v) is 10.1. The number of ketones is 1. The van der Waals surface area contributed by atoms with Gasteiger partial charge < -0.3 is 0 Å². The highest BCUT2D eigenvalue weighted by Gasteiger charge is 2.30. The van der Waals surface area contributed by atoms with E-state index < -0.39 is 0 Å². The normalized spacial score (nSPS) is 23.5. The predicted octanol–water partition coefficient (Wildman–Crippen LogP) is 5.32. The van der Waals surface area contributed by atoms with Gasteiger partial charge in [-0.3, -0.25) is 4.79 Å². The summed E-state index contributed by atoms with van der Waals surface area (Å²) in [4.78, 5) is 12.3. The molecule has 1 heterocycles. The maximum Gasteiger partial charge on any atom is 0.146 e. The minimum atomic E-state index is 0.295. The SMILES string of the molecule is CCCCCCCCCC(=O)C1SCCSC1CC. The average Bonchev–Trinajstić information content (AvgIpc) is 2.46. The molecule has 19 heavy (non-hydrogen) atoms. The van der Waals surface area contributed by atoms with Crippen molar-refractivity contribution in [3.05, 3.63) is 0 Å². The maximum absolute atomic E-state index is 12.3. The van der Waals surface area contributed by atoms with Gasteiger partial charge in [-0.2, -0.15) is 11.8 Å². The summed E-state index contributed by atoms with van der Waals surface area (Å²) in [5.41, 5.74) is 0. The summed E-state index contributed by atoms with van der Waals surface area (Å²) < 4.78 is 0. The lowest BCUT2D eigenvalue weighted by atomic mass is 10.0. The van der Waals surface area contributed by atoms with Gasteiger partial charge in [-0.25, -0.2) is 0 Å². The third-order valence-corrected chi connectivity index (χ3v) is 7.09. The summed E-state index contributed by atoms with van der Waals surface area (Å²) in [6.45, 7) is 4.47. The molecule has 3 heteroatoms. The smallest absolute Gasteiger partial charge is 0.146 e. The molecule has 0 aromatic carbocycles. The van der Waals surface area contributed by atoms with E-state index in [1.165, 1.54) is 44.3 Å². The third kappa shape index (κ3) is 7.08. The van der Waals surface area contributed by atoms with Gasteiger partial charge in [0, 0.05) is 23.2 Å². The number of hydrogen-bond acceptors (Lipinski definition) is 3. The molecular formula is C16H30OS2. The molecule has 1 saturated heterocycles. The first kappa shape index (κ1) is 17.4. The van der Waals surface area contributed by atoms with Gasteiger partial charge in [-0.15, -0.1) is 11.8 Å². The van der Waals surface area contributed by atoms with Crippen LogP contribution in [0.4, 0.5) is 0 Å². The van der Waals surface area contributed by atoms with Crippen LogP contribution in [0.25, 0.3) is 0 Å². The number of thioether (sulfide) groups is 2. The lowest BCUT2D eigenvalue weighted by Gasteiger charge is -2.28. The second kappa shape index (κ2) is 11.1. The molecule has 1 aliphatic rings. The monoisotopic (exact) mass is 302 g/mol. The topological polar surface area (TPSA) is 17.1 Å². The molecule has 0 bridgehead atoms. The molecule has 0 saturated carbocycles. The highest BCUT2D eigenvalue weighted by Crippen LogP contribution is 2.34. The van der Waals surface area contributed by atoms with Crippen LogP contribution < -0.4 is 0 Å². The Morgan fingerprint density at radius 1 is 0.947 bits per heavy atom. The molecule has 2 atom stereocenters. The lowest BCUT2D eigenvalue weighted by Crippen LogP contribution is -2.32. The number of carbonyl (C=O) groups is 1. The Balaban J connectivity index is 2.09. The highest BCUT2D eigenvalue weighted by molar-refractivity contribution is 8.07. The van der Waals surface area contributed by atoms with Crippen LogP contribution in [0.5, 0.6) is 0 Å². The van der Waals surface area contributed by atoms with E-state index in [0.717, 1.165) is 25.0 Å². The molecule has 0 N–H and O–H groups in total. The molecule has 0 aliphatic carbocycles. The highest BCUT2D eigenvalue weighted by atomic mass is 32.2. The zero-order valence-electron chi connectivity index (χ0n) is 12.7. The second-order valence-electron chi connectivity index (χ2n) is 5.45. The van der Waals surface area contributed by atoms with Gasteiger partial charge in [0.1, 0.15) is 5.78 Å². The quantitative estimate of drug-likeness (QED) is 0.508. The average molecular weight is 303 g/mol. The number of carbonyl (C=O) groups excluding carboxylic acids is 1. The molecule has 1 aliphatic heterocycles. The second-order valence-corrected chi connectivity index (χ2v) is 8.04. The Kier molecular flexibility index (Phi) is 10.2. The molecular weight excluding hydrogens is 272 g/mol. The molecule has 0 amide bonds. The summed E-state index contributed by atoms with van der Waals surface area (Å²) in [5.74, 6) is 2.91. The van der Waals surface area contributed by atoms with Gasteiger partial charge in [0.25, 0.3) is 0 Å². The van der Waals surface area contributed by atoms with Crippen LogP contribution in [-0.4, -0.2) is 27.8 Å². The Morgan fingerprint density at radius 3 is 2.26 bits per heavy atom. The first-order chi connectivity index (χ1) is 9.29. The Labute approximate surface area is 128 Å². The fourth-order valence-corrected chi connectivity index (χ4v) is 5.67. The van der Waals surface area contributed by atoms with Crippen molar-refractivity contribution in [3.63, 3.8) is 0 Å². The minimum absolute atomic E-state index is 0.295. The van der Waals surface area contributed by atoms with Gasteiger partial charge >= 0.3 is 0 Å². The minimum Gasteiger partial charge on any atom is -0.298 e. The fourth-order valence-electron chi connectivity index (χ4n) is 2.60. The standard InChI is InChI=1S/C16H30OS2/c1-3-5-6-7-8-9-10-11-14(17)16-15(4-2)18-12-13-19-16/h15-16H,3-13H2,1-2H3. The van der Waals surface area contributed by atoms with E-state index >= 15 is 0 Å². The zero-order valence-corrected chi connectivity index (χ0v) is 14.3. The van der Waals surface area contributed by atoms with E-state index in [1.807, 2.05) is 23.5 Å². The van der Waals surface area contributed by atoms with Crippen molar-refractivity contribution in [2.45, 2.75) is 82.1 Å². The van der Waals surface area contributed by atoms with Crippen LogP contribution in [-0.2, 0) is 4.79 Å². The molecule has 0 radical (unpaired) electrons. The van der Waals surface area contributed by atoms with Crippen molar-refractivity contribution in [2.24, 2.45) is 0 Å². The molecule has 2 unspecified atom stereocenters. The van der Waals surface area contributed by atoms with Gasteiger partial charge in [0.05, 0.1) is 5.25 Å².